The molecule has 0 radical (unpaired) electrons. The Morgan fingerprint density at radius 2 is 2.07 bits per heavy atom. The first-order chi connectivity index (χ1) is 19.8. The number of aliphatic carboxylic acids is 1. The lowest BCUT2D eigenvalue weighted by molar-refractivity contribution is -0.132. The Labute approximate surface area is 242 Å². The fourth-order valence-electron chi connectivity index (χ4n) is 4.16. The highest BCUT2D eigenvalue weighted by atomic mass is 19.1. The molecule has 1 amide bonds. The predicted octanol–water partition coefficient (Wildman–Crippen LogP) is 6.28. The maximum Gasteiger partial charge on any atom is 0.335 e. The van der Waals surface area contributed by atoms with E-state index in [9.17, 15) is 14.0 Å². The third-order valence-corrected chi connectivity index (χ3v) is 6.36. The second-order valence-electron chi connectivity index (χ2n) is 9.52. The van der Waals surface area contributed by atoms with Gasteiger partial charge in [0.15, 0.2) is 0 Å². The van der Waals surface area contributed by atoms with Gasteiger partial charge in [0.2, 0.25) is 6.41 Å². The average Bonchev–Trinajstić information content (AvgIpc) is 2.96. The SMILES string of the molecule is C=C(/C=C\C(=C/C)OCC(CCCNC=O)Cc1ccc(N/C(=C/CC)NC2=C(F)CCC=C2)c(OC)c1)C(=O)O. The number of hydrogen-bond acceptors (Lipinski definition) is 6. The molecule has 1 aliphatic carbocycles. The third kappa shape index (κ3) is 11.8. The van der Waals surface area contributed by atoms with E-state index in [1.807, 2.05) is 44.2 Å². The summed E-state index contributed by atoms with van der Waals surface area (Å²) in [5.74, 6) is 0.713. The monoisotopic (exact) mass is 567 g/mol. The van der Waals surface area contributed by atoms with Crippen LogP contribution in [-0.2, 0) is 20.7 Å². The van der Waals surface area contributed by atoms with Gasteiger partial charge in [0.1, 0.15) is 23.2 Å². The molecule has 0 saturated heterocycles. The van der Waals surface area contributed by atoms with Crippen molar-refractivity contribution in [1.29, 1.82) is 0 Å². The lowest BCUT2D eigenvalue weighted by Gasteiger charge is -2.21. The Morgan fingerprint density at radius 1 is 1.27 bits per heavy atom. The number of nitrogens with one attached hydrogen (secondary N) is 3. The number of rotatable bonds is 19. The lowest BCUT2D eigenvalue weighted by atomic mass is 9.95. The zero-order valence-corrected chi connectivity index (χ0v) is 24.2. The quantitative estimate of drug-likeness (QED) is 0.0512. The highest BCUT2D eigenvalue weighted by molar-refractivity contribution is 5.89. The second-order valence-corrected chi connectivity index (χ2v) is 9.52. The number of benzene rings is 1. The van der Waals surface area contributed by atoms with Gasteiger partial charge < -0.3 is 30.5 Å². The van der Waals surface area contributed by atoms with E-state index in [-0.39, 0.29) is 17.3 Å². The second kappa shape index (κ2) is 18.1. The Morgan fingerprint density at radius 3 is 2.73 bits per heavy atom. The summed E-state index contributed by atoms with van der Waals surface area (Å²) in [7, 11) is 1.61. The Bertz CT molecular complexity index is 1200. The molecule has 2 rings (SSSR count). The van der Waals surface area contributed by atoms with E-state index < -0.39 is 5.97 Å². The van der Waals surface area contributed by atoms with E-state index in [4.69, 9.17) is 14.6 Å². The van der Waals surface area contributed by atoms with Crippen molar-refractivity contribution in [3.63, 3.8) is 0 Å². The van der Waals surface area contributed by atoms with E-state index in [0.717, 1.165) is 30.5 Å². The summed E-state index contributed by atoms with van der Waals surface area (Å²) in [6.45, 7) is 8.29. The van der Waals surface area contributed by atoms with Crippen molar-refractivity contribution in [3.8, 4) is 5.75 Å². The van der Waals surface area contributed by atoms with Crippen LogP contribution in [0.5, 0.6) is 5.75 Å². The molecule has 1 aliphatic rings. The minimum Gasteiger partial charge on any atom is -0.495 e. The van der Waals surface area contributed by atoms with Gasteiger partial charge in [-0.3, -0.25) is 4.79 Å². The molecule has 0 aliphatic heterocycles. The third-order valence-electron chi connectivity index (χ3n) is 6.36. The number of carbonyl (C=O) groups excluding carboxylic acids is 1. The smallest absolute Gasteiger partial charge is 0.335 e. The van der Waals surface area contributed by atoms with Crippen LogP contribution in [0.1, 0.15) is 51.5 Å². The molecule has 4 N–H and O–H groups in total. The highest BCUT2D eigenvalue weighted by Crippen LogP contribution is 2.29. The normalized spacial score (nSPS) is 14.5. The van der Waals surface area contributed by atoms with Crippen LogP contribution >= 0.6 is 0 Å². The first-order valence-corrected chi connectivity index (χ1v) is 13.8. The van der Waals surface area contributed by atoms with Crippen molar-refractivity contribution in [3.05, 3.63) is 95.5 Å². The molecule has 1 unspecified atom stereocenters. The first kappa shape index (κ1) is 32.9. The van der Waals surface area contributed by atoms with Gasteiger partial charge in [-0.05, 0) is 93.0 Å². The number of anilines is 1. The molecule has 41 heavy (non-hydrogen) atoms. The molecule has 0 fully saturated rings. The molecule has 0 bridgehead atoms. The fraction of sp³-hybridized carbons (Fsp3) is 0.375. The van der Waals surface area contributed by atoms with Crippen LogP contribution in [0.3, 0.4) is 0 Å². The molecule has 0 spiro atoms. The predicted molar refractivity (Wildman–Crippen MR) is 161 cm³/mol. The van der Waals surface area contributed by atoms with E-state index in [2.05, 4.69) is 22.5 Å². The van der Waals surface area contributed by atoms with Crippen LogP contribution < -0.4 is 20.7 Å². The van der Waals surface area contributed by atoms with Gasteiger partial charge in [-0.2, -0.15) is 0 Å². The maximum atomic E-state index is 14.3. The standard InChI is InChI=1S/C32H42FN3O5/c1-5-10-31(35-28-13-8-7-12-27(28)33)36-29-17-15-24(20-30(29)40-4)19-25(11-9-18-34-22-37)21-41-26(6-2)16-14-23(3)32(38)39/h6,8,10,13-17,20,22,25,35-36H,3,5,7,9,11-12,18-19,21H2,1-2,4H3,(H,34,37)(H,38,39)/b16-14-,26-6+,31-10+. The van der Waals surface area contributed by atoms with Crippen molar-refractivity contribution < 1.29 is 28.6 Å². The minimum atomic E-state index is -1.09. The van der Waals surface area contributed by atoms with Gasteiger partial charge in [-0.1, -0.05) is 25.6 Å². The van der Waals surface area contributed by atoms with Crippen LogP contribution in [0.2, 0.25) is 0 Å². The van der Waals surface area contributed by atoms with Crippen LogP contribution in [0.4, 0.5) is 10.1 Å². The van der Waals surface area contributed by atoms with E-state index in [1.165, 1.54) is 6.08 Å². The molecule has 0 aromatic heterocycles. The molecular formula is C32H42FN3O5. The zero-order valence-electron chi connectivity index (χ0n) is 24.2. The van der Waals surface area contributed by atoms with Crippen molar-refractivity contribution in [2.24, 2.45) is 5.92 Å². The number of amides is 1. The lowest BCUT2D eigenvalue weighted by Crippen LogP contribution is -2.20. The maximum absolute atomic E-state index is 14.3. The molecule has 1 atom stereocenters. The summed E-state index contributed by atoms with van der Waals surface area (Å²) in [4.78, 5) is 21.7. The number of methoxy groups -OCH3 is 1. The zero-order chi connectivity index (χ0) is 30.0. The van der Waals surface area contributed by atoms with Crippen LogP contribution in [-0.4, -0.2) is 37.7 Å². The van der Waals surface area contributed by atoms with Crippen LogP contribution in [0.15, 0.2) is 89.9 Å². The van der Waals surface area contributed by atoms with Gasteiger partial charge in [-0.25, -0.2) is 9.18 Å². The van der Waals surface area contributed by atoms with E-state index >= 15 is 0 Å². The molecule has 1 aromatic rings. The fourth-order valence-corrected chi connectivity index (χ4v) is 4.16. The van der Waals surface area contributed by atoms with Gasteiger partial charge in [-0.15, -0.1) is 0 Å². The summed E-state index contributed by atoms with van der Waals surface area (Å²) < 4.78 is 26.0. The van der Waals surface area contributed by atoms with Gasteiger partial charge in [0, 0.05) is 13.0 Å². The van der Waals surface area contributed by atoms with Crippen molar-refractivity contribution >= 4 is 18.1 Å². The molecular weight excluding hydrogens is 525 g/mol. The molecule has 9 heteroatoms. The van der Waals surface area contributed by atoms with Crippen LogP contribution in [0.25, 0.3) is 0 Å². The van der Waals surface area contributed by atoms with Crippen molar-refractivity contribution in [2.45, 2.75) is 52.4 Å². The summed E-state index contributed by atoms with van der Waals surface area (Å²) in [5.41, 5.74) is 2.20. The minimum absolute atomic E-state index is 0.0329. The number of halogens is 1. The molecule has 1 aromatic carbocycles. The van der Waals surface area contributed by atoms with E-state index in [1.54, 1.807) is 25.3 Å². The first-order valence-electron chi connectivity index (χ1n) is 13.8. The van der Waals surface area contributed by atoms with Crippen LogP contribution in [0, 0.1) is 5.92 Å². The van der Waals surface area contributed by atoms with Crippen molar-refractivity contribution in [1.82, 2.24) is 10.6 Å². The van der Waals surface area contributed by atoms with E-state index in [0.29, 0.717) is 61.9 Å². The number of carboxylic acid groups (broad SMARTS) is 1. The number of hydrogen-bond donors (Lipinski definition) is 4. The number of carbonyl (C=O) groups is 2. The van der Waals surface area contributed by atoms with Gasteiger partial charge >= 0.3 is 5.97 Å². The molecule has 222 valence electrons. The highest BCUT2D eigenvalue weighted by Gasteiger charge is 2.15. The van der Waals surface area contributed by atoms with Gasteiger partial charge in [0.05, 0.1) is 30.7 Å². The topological polar surface area (TPSA) is 109 Å². The Hall–Kier alpha value is -4.27. The Kier molecular flexibility index (Phi) is 14.6. The summed E-state index contributed by atoms with van der Waals surface area (Å²) in [6.07, 6.45) is 15.2. The number of allylic oxidation sites excluding steroid dienone is 6. The summed E-state index contributed by atoms with van der Waals surface area (Å²) >= 11 is 0. The molecule has 0 saturated carbocycles. The van der Waals surface area contributed by atoms with Crippen molar-refractivity contribution in [2.75, 3.05) is 25.6 Å². The Balaban J connectivity index is 2.16. The summed E-state index contributed by atoms with van der Waals surface area (Å²) in [5, 5.41) is 18.2. The largest absolute Gasteiger partial charge is 0.495 e. The average molecular weight is 568 g/mol. The molecule has 8 nitrogen and oxygen atoms in total. The number of carboxylic acids is 1. The number of ether oxygens (including phenoxy) is 2. The molecule has 0 heterocycles. The summed E-state index contributed by atoms with van der Waals surface area (Å²) in [6, 6.07) is 5.92. The van der Waals surface area contributed by atoms with Gasteiger partial charge in [0.25, 0.3) is 0 Å².